The highest BCUT2D eigenvalue weighted by molar-refractivity contribution is 8.13. The number of methoxy groups -OCH3 is 1. The van der Waals surface area contributed by atoms with Crippen LogP contribution in [0.25, 0.3) is 0 Å². The summed E-state index contributed by atoms with van der Waals surface area (Å²) in [4.78, 5) is 6.76. The van der Waals surface area contributed by atoms with E-state index in [4.69, 9.17) is 32.9 Å². The zero-order valence-corrected chi connectivity index (χ0v) is 18.2. The van der Waals surface area contributed by atoms with E-state index in [0.717, 1.165) is 16.4 Å². The number of para-hydroxylation sites is 2. The van der Waals surface area contributed by atoms with Gasteiger partial charge in [-0.2, -0.15) is 0 Å². The molecule has 2 heterocycles. The molecule has 28 heavy (non-hydrogen) atoms. The summed E-state index contributed by atoms with van der Waals surface area (Å²) in [6, 6.07) is 12.7. The van der Waals surface area contributed by atoms with Crippen molar-refractivity contribution in [2.45, 2.75) is 17.8 Å². The molecular weight excluding hydrogens is 439 g/mol. The van der Waals surface area contributed by atoms with Crippen LogP contribution in [0.5, 0.6) is 5.75 Å². The molecule has 148 valence electrons. The number of hydrogen-bond donors (Lipinski definition) is 0. The van der Waals surface area contributed by atoms with Gasteiger partial charge in [0.1, 0.15) is 5.75 Å². The molecule has 2 aromatic carbocycles. The van der Waals surface area contributed by atoms with Crippen LogP contribution < -0.4 is 9.64 Å². The Morgan fingerprint density at radius 1 is 1.18 bits per heavy atom. The number of nitrogens with zero attached hydrogens (tertiary/aromatic N) is 2. The molecular formula is C19H18Cl2N2O3S2. The SMILES string of the molecule is COc1ccccc1N1C(SCc2ccc(Cl)c(Cl)c2)=N[C@H]2CS(=O)(=O)C[C@H]21. The zero-order chi connectivity index (χ0) is 19.9. The maximum absolute atomic E-state index is 12.2. The van der Waals surface area contributed by atoms with Gasteiger partial charge in [-0.15, -0.1) is 0 Å². The van der Waals surface area contributed by atoms with Crippen LogP contribution in [0.15, 0.2) is 47.5 Å². The fourth-order valence-electron chi connectivity index (χ4n) is 3.52. The highest BCUT2D eigenvalue weighted by atomic mass is 35.5. The van der Waals surface area contributed by atoms with Crippen LogP contribution in [-0.4, -0.2) is 44.3 Å². The van der Waals surface area contributed by atoms with Crippen molar-refractivity contribution in [3.05, 3.63) is 58.1 Å². The summed E-state index contributed by atoms with van der Waals surface area (Å²) in [5.41, 5.74) is 1.85. The summed E-state index contributed by atoms with van der Waals surface area (Å²) >= 11 is 13.7. The van der Waals surface area contributed by atoms with E-state index in [2.05, 4.69) is 0 Å². The third-order valence-electron chi connectivity index (χ3n) is 4.80. The number of rotatable bonds is 4. The molecule has 0 saturated carbocycles. The summed E-state index contributed by atoms with van der Waals surface area (Å²) in [7, 11) is -1.49. The second-order valence-electron chi connectivity index (χ2n) is 6.70. The Morgan fingerprint density at radius 3 is 2.71 bits per heavy atom. The Kier molecular flexibility index (Phi) is 5.53. The van der Waals surface area contributed by atoms with E-state index in [1.165, 1.54) is 0 Å². The van der Waals surface area contributed by atoms with E-state index < -0.39 is 9.84 Å². The molecule has 0 radical (unpaired) electrons. The van der Waals surface area contributed by atoms with Gasteiger partial charge in [0, 0.05) is 5.75 Å². The maximum Gasteiger partial charge on any atom is 0.164 e. The number of sulfone groups is 1. The lowest BCUT2D eigenvalue weighted by Gasteiger charge is -2.27. The predicted molar refractivity (Wildman–Crippen MR) is 117 cm³/mol. The van der Waals surface area contributed by atoms with Crippen molar-refractivity contribution < 1.29 is 13.2 Å². The van der Waals surface area contributed by atoms with Gasteiger partial charge in [-0.25, -0.2) is 8.42 Å². The average molecular weight is 457 g/mol. The van der Waals surface area contributed by atoms with Crippen LogP contribution in [0.1, 0.15) is 5.56 Å². The number of aliphatic imine (C=N–C) groups is 1. The molecule has 1 saturated heterocycles. The largest absolute Gasteiger partial charge is 0.495 e. The van der Waals surface area contributed by atoms with Gasteiger partial charge < -0.3 is 9.64 Å². The van der Waals surface area contributed by atoms with Crippen LogP contribution >= 0.6 is 35.0 Å². The summed E-state index contributed by atoms with van der Waals surface area (Å²) < 4.78 is 29.9. The number of hydrogen-bond acceptors (Lipinski definition) is 6. The van der Waals surface area contributed by atoms with Crippen molar-refractivity contribution in [2.24, 2.45) is 4.99 Å². The minimum atomic E-state index is -3.10. The highest BCUT2D eigenvalue weighted by Gasteiger charge is 2.47. The maximum atomic E-state index is 12.2. The van der Waals surface area contributed by atoms with Crippen molar-refractivity contribution >= 4 is 55.7 Å². The molecule has 2 aliphatic rings. The standard InChI is InChI=1S/C19H18Cl2N2O3S2/c1-26-18-5-3-2-4-16(18)23-17-11-28(24,25)10-15(17)22-19(23)27-9-12-6-7-13(20)14(21)8-12/h2-8,15,17H,9-11H2,1H3/t15-,17+/m0/s1. The monoisotopic (exact) mass is 456 g/mol. The van der Waals surface area contributed by atoms with Gasteiger partial charge in [0.2, 0.25) is 0 Å². The molecule has 2 atom stereocenters. The van der Waals surface area contributed by atoms with Crippen molar-refractivity contribution in [3.8, 4) is 5.75 Å². The Balaban J connectivity index is 1.64. The van der Waals surface area contributed by atoms with Gasteiger partial charge in [0.05, 0.1) is 46.4 Å². The van der Waals surface area contributed by atoms with E-state index in [9.17, 15) is 8.42 Å². The summed E-state index contributed by atoms with van der Waals surface area (Å²) in [6.45, 7) is 0. The minimum Gasteiger partial charge on any atom is -0.495 e. The molecule has 0 N–H and O–H groups in total. The molecule has 0 unspecified atom stereocenters. The van der Waals surface area contributed by atoms with Crippen LogP contribution in [0.3, 0.4) is 0 Å². The summed E-state index contributed by atoms with van der Waals surface area (Å²) in [6.07, 6.45) is 0. The molecule has 0 amide bonds. The molecule has 0 aromatic heterocycles. The molecule has 2 aliphatic heterocycles. The number of thioether (sulfide) groups is 1. The molecule has 5 nitrogen and oxygen atoms in total. The predicted octanol–water partition coefficient (Wildman–Crippen LogP) is 4.28. The number of benzene rings is 2. The molecule has 9 heteroatoms. The number of ether oxygens (including phenoxy) is 1. The number of anilines is 1. The van der Waals surface area contributed by atoms with Gasteiger partial charge in [0.15, 0.2) is 15.0 Å². The fourth-order valence-corrected chi connectivity index (χ4v) is 6.74. The molecule has 0 spiro atoms. The van der Waals surface area contributed by atoms with Crippen LogP contribution in [0.4, 0.5) is 5.69 Å². The average Bonchev–Trinajstić information content (AvgIpc) is 3.13. The molecule has 0 aliphatic carbocycles. The third kappa shape index (κ3) is 3.85. The summed E-state index contributed by atoms with van der Waals surface area (Å²) in [5.74, 6) is 1.51. The van der Waals surface area contributed by atoms with Gasteiger partial charge in [-0.05, 0) is 29.8 Å². The number of fused-ring (bicyclic) bond motifs is 1. The van der Waals surface area contributed by atoms with Crippen LogP contribution in [0.2, 0.25) is 10.0 Å². The van der Waals surface area contributed by atoms with Gasteiger partial charge in [0.25, 0.3) is 0 Å². The van der Waals surface area contributed by atoms with Crippen LogP contribution in [0, 0.1) is 0 Å². The van der Waals surface area contributed by atoms with E-state index in [1.807, 2.05) is 41.3 Å². The van der Waals surface area contributed by atoms with Crippen molar-refractivity contribution in [1.82, 2.24) is 0 Å². The first-order valence-corrected chi connectivity index (χ1v) is 12.2. The zero-order valence-electron chi connectivity index (χ0n) is 15.0. The van der Waals surface area contributed by atoms with Crippen molar-refractivity contribution in [3.63, 3.8) is 0 Å². The number of amidine groups is 1. The van der Waals surface area contributed by atoms with Gasteiger partial charge in [-0.1, -0.05) is 53.2 Å². The lowest BCUT2D eigenvalue weighted by molar-refractivity contribution is 0.415. The first-order valence-electron chi connectivity index (χ1n) is 8.65. The minimum absolute atomic E-state index is 0.0835. The van der Waals surface area contributed by atoms with E-state index in [0.29, 0.717) is 21.5 Å². The normalized spacial score (nSPS) is 22.8. The Labute approximate surface area is 178 Å². The van der Waals surface area contributed by atoms with Gasteiger partial charge >= 0.3 is 0 Å². The Bertz CT molecular complexity index is 1040. The molecule has 2 aromatic rings. The van der Waals surface area contributed by atoms with Gasteiger partial charge in [-0.3, -0.25) is 4.99 Å². The van der Waals surface area contributed by atoms with Crippen molar-refractivity contribution in [1.29, 1.82) is 0 Å². The van der Waals surface area contributed by atoms with E-state index >= 15 is 0 Å². The first-order chi connectivity index (χ1) is 13.4. The van der Waals surface area contributed by atoms with E-state index in [-0.39, 0.29) is 23.6 Å². The topological polar surface area (TPSA) is 59.0 Å². The Morgan fingerprint density at radius 2 is 1.96 bits per heavy atom. The highest BCUT2D eigenvalue weighted by Crippen LogP contribution is 2.40. The third-order valence-corrected chi connectivity index (χ3v) is 8.28. The lowest BCUT2D eigenvalue weighted by Crippen LogP contribution is -2.39. The number of halogens is 2. The molecule has 4 rings (SSSR count). The first kappa shape index (κ1) is 19.9. The van der Waals surface area contributed by atoms with E-state index in [1.54, 1.807) is 24.9 Å². The fraction of sp³-hybridized carbons (Fsp3) is 0.316. The Hall–Kier alpha value is -1.41. The van der Waals surface area contributed by atoms with Crippen LogP contribution in [-0.2, 0) is 15.6 Å². The molecule has 0 bridgehead atoms. The second kappa shape index (κ2) is 7.78. The summed E-state index contributed by atoms with van der Waals surface area (Å²) in [5, 5.41) is 1.82. The lowest BCUT2D eigenvalue weighted by atomic mass is 10.1. The van der Waals surface area contributed by atoms with Crippen molar-refractivity contribution in [2.75, 3.05) is 23.5 Å². The molecule has 1 fully saturated rings. The smallest absolute Gasteiger partial charge is 0.164 e. The second-order valence-corrected chi connectivity index (χ2v) is 10.6. The quantitative estimate of drug-likeness (QED) is 0.686.